The van der Waals surface area contributed by atoms with Crippen LogP contribution in [0, 0.1) is 0 Å². The molecule has 7 rings (SSSR count). The summed E-state index contributed by atoms with van der Waals surface area (Å²) < 4.78 is 11.8. The number of nitrogens with one attached hydrogen (secondary N) is 1. The molecule has 0 aliphatic carbocycles. The minimum Gasteiger partial charge on any atom is -0.481 e. The second-order valence-corrected chi connectivity index (χ2v) is 21.9. The van der Waals surface area contributed by atoms with Gasteiger partial charge >= 0.3 is 5.63 Å². The van der Waals surface area contributed by atoms with Crippen molar-refractivity contribution in [1.29, 1.82) is 0 Å². The van der Waals surface area contributed by atoms with Gasteiger partial charge in [-0.05, 0) is 74.0 Å². The van der Waals surface area contributed by atoms with Gasteiger partial charge in [0.05, 0.1) is 17.6 Å². The maximum atomic E-state index is 14.0. The highest BCUT2D eigenvalue weighted by Gasteiger charge is 2.45. The van der Waals surface area contributed by atoms with E-state index in [9.17, 15) is 19.2 Å². The van der Waals surface area contributed by atoms with E-state index in [1.54, 1.807) is 48.2 Å². The average Bonchev–Trinajstić information content (AvgIpc) is 3.36. The lowest BCUT2D eigenvalue weighted by atomic mass is 10.0. The third kappa shape index (κ3) is 13.1. The van der Waals surface area contributed by atoms with Gasteiger partial charge in [0.25, 0.3) is 5.91 Å². The topological polar surface area (TPSA) is 109 Å². The number of benzene rings is 5. The molecule has 1 atom stereocenters. The molecule has 0 bridgehead atoms. The van der Waals surface area contributed by atoms with Gasteiger partial charge in [-0.15, -0.1) is 0 Å². The Bertz CT molecular complexity index is 2540. The number of hydrogen-bond donors (Lipinski definition) is 1. The average molecular weight is 956 g/mol. The SMILES string of the molecule is CCCCCCCCCCCCCC(=O)Nc1ccc(-c2cc(=O)oc3cc(O[C@H](C)C(=O)N4CCN(C(=O)CC[P+](c5ccccc5)(c5ccccc5)c5ccccc5)CC4)ccc23)c(Cl)c1. The van der Waals surface area contributed by atoms with Crippen molar-refractivity contribution in [2.24, 2.45) is 0 Å². The van der Waals surface area contributed by atoms with Gasteiger partial charge in [0, 0.05) is 66.9 Å². The zero-order valence-corrected chi connectivity index (χ0v) is 41.3. The van der Waals surface area contributed by atoms with Crippen LogP contribution in [0.3, 0.4) is 0 Å². The lowest BCUT2D eigenvalue weighted by Gasteiger charge is -2.36. The number of fused-ring (bicyclic) bond motifs is 1. The second kappa shape index (κ2) is 25.0. The van der Waals surface area contributed by atoms with Crippen LogP contribution in [0.1, 0.15) is 97.3 Å². The predicted molar refractivity (Wildman–Crippen MR) is 281 cm³/mol. The van der Waals surface area contributed by atoms with E-state index in [1.807, 2.05) is 23.1 Å². The molecule has 11 heteroatoms. The minimum atomic E-state index is -2.16. The van der Waals surface area contributed by atoms with Crippen LogP contribution >= 0.6 is 18.9 Å². The summed E-state index contributed by atoms with van der Waals surface area (Å²) in [5.74, 6) is 0.220. The van der Waals surface area contributed by atoms with E-state index in [2.05, 4.69) is 85.0 Å². The van der Waals surface area contributed by atoms with Crippen molar-refractivity contribution in [3.63, 3.8) is 0 Å². The normalized spacial score (nSPS) is 13.3. The molecule has 1 N–H and O–H groups in total. The Labute approximate surface area is 407 Å². The number of carbonyl (C=O) groups is 3. The molecule has 0 saturated carbocycles. The Morgan fingerprint density at radius 3 is 1.75 bits per heavy atom. The Morgan fingerprint density at radius 1 is 0.647 bits per heavy atom. The highest BCUT2D eigenvalue weighted by atomic mass is 35.5. The van der Waals surface area contributed by atoms with E-state index in [-0.39, 0.29) is 23.3 Å². The molecule has 2 heterocycles. The van der Waals surface area contributed by atoms with Crippen LogP contribution in [-0.4, -0.2) is 66.0 Å². The van der Waals surface area contributed by atoms with Gasteiger partial charge < -0.3 is 24.3 Å². The molecule has 68 heavy (non-hydrogen) atoms. The van der Waals surface area contributed by atoms with Crippen LogP contribution in [0.4, 0.5) is 5.69 Å². The number of nitrogens with zero attached hydrogens (tertiary/aromatic N) is 2. The molecule has 0 spiro atoms. The van der Waals surface area contributed by atoms with Gasteiger partial charge in [-0.25, -0.2) is 4.79 Å². The Morgan fingerprint density at radius 2 is 1.19 bits per heavy atom. The predicted octanol–water partition coefficient (Wildman–Crippen LogP) is 11.6. The van der Waals surface area contributed by atoms with Crippen molar-refractivity contribution in [3.05, 3.63) is 149 Å². The largest absolute Gasteiger partial charge is 0.481 e. The van der Waals surface area contributed by atoms with Crippen LogP contribution in [-0.2, 0) is 14.4 Å². The van der Waals surface area contributed by atoms with Crippen LogP contribution < -0.4 is 31.6 Å². The van der Waals surface area contributed by atoms with E-state index in [4.69, 9.17) is 20.8 Å². The second-order valence-electron chi connectivity index (χ2n) is 17.9. The van der Waals surface area contributed by atoms with Crippen molar-refractivity contribution in [1.82, 2.24) is 9.80 Å². The third-order valence-electron chi connectivity index (χ3n) is 13.1. The zero-order valence-electron chi connectivity index (χ0n) is 39.7. The highest BCUT2D eigenvalue weighted by Crippen LogP contribution is 2.55. The molecule has 1 fully saturated rings. The highest BCUT2D eigenvalue weighted by molar-refractivity contribution is 7.95. The first-order valence-corrected chi connectivity index (χ1v) is 27.0. The number of amides is 3. The monoisotopic (exact) mass is 954 g/mol. The van der Waals surface area contributed by atoms with Gasteiger partial charge in [0.2, 0.25) is 11.8 Å². The number of halogens is 1. The Hall–Kier alpha value is -5.76. The zero-order chi connectivity index (χ0) is 47.7. The lowest BCUT2D eigenvalue weighted by Crippen LogP contribution is -2.53. The van der Waals surface area contributed by atoms with Crippen LogP contribution in [0.25, 0.3) is 22.1 Å². The van der Waals surface area contributed by atoms with Crippen molar-refractivity contribution in [2.75, 3.05) is 37.7 Å². The quantitative estimate of drug-likeness (QED) is 0.0389. The molecular weight excluding hydrogens is 889 g/mol. The maximum Gasteiger partial charge on any atom is 0.336 e. The van der Waals surface area contributed by atoms with Gasteiger partial charge in [-0.2, -0.15) is 0 Å². The fraction of sp³-hybridized carbons (Fsp3) is 0.368. The number of ether oxygens (including phenoxy) is 1. The van der Waals surface area contributed by atoms with E-state index in [1.165, 1.54) is 73.3 Å². The number of rotatable bonds is 23. The summed E-state index contributed by atoms with van der Waals surface area (Å²) in [6.07, 6.45) is 14.2. The van der Waals surface area contributed by atoms with Crippen molar-refractivity contribution < 1.29 is 23.5 Å². The Kier molecular flexibility index (Phi) is 18.4. The lowest BCUT2D eigenvalue weighted by molar-refractivity contribution is -0.143. The number of piperazine rings is 1. The van der Waals surface area contributed by atoms with Gasteiger partial charge in [0.15, 0.2) is 6.10 Å². The van der Waals surface area contributed by atoms with Gasteiger partial charge in [-0.1, -0.05) is 143 Å². The Balaban J connectivity index is 0.910. The van der Waals surface area contributed by atoms with Gasteiger partial charge in [-0.3, -0.25) is 14.4 Å². The molecule has 3 amide bonds. The summed E-state index contributed by atoms with van der Waals surface area (Å²) in [5.41, 5.74) is 1.52. The third-order valence-corrected chi connectivity index (χ3v) is 17.9. The fourth-order valence-electron chi connectivity index (χ4n) is 9.42. The van der Waals surface area contributed by atoms with Crippen LogP contribution in [0.15, 0.2) is 143 Å². The summed E-state index contributed by atoms with van der Waals surface area (Å²) in [4.78, 5) is 56.9. The molecule has 1 aliphatic rings. The van der Waals surface area contributed by atoms with Crippen molar-refractivity contribution >= 4 is 69.2 Å². The van der Waals surface area contributed by atoms with Crippen molar-refractivity contribution in [2.45, 2.75) is 103 Å². The number of unbranched alkanes of at least 4 members (excludes halogenated alkanes) is 10. The van der Waals surface area contributed by atoms with Crippen LogP contribution in [0.5, 0.6) is 5.75 Å². The summed E-state index contributed by atoms with van der Waals surface area (Å²) >= 11 is 6.79. The molecule has 1 aromatic heterocycles. The number of anilines is 1. The molecule has 356 valence electrons. The smallest absolute Gasteiger partial charge is 0.336 e. The molecule has 9 nitrogen and oxygen atoms in total. The fourth-order valence-corrected chi connectivity index (χ4v) is 13.9. The van der Waals surface area contributed by atoms with Crippen molar-refractivity contribution in [3.8, 4) is 16.9 Å². The van der Waals surface area contributed by atoms with E-state index in [0.29, 0.717) is 78.2 Å². The minimum absolute atomic E-state index is 0.0472. The standard InChI is InChI=1S/C57H65ClN3O6P/c1-3-4-5-6-7-8-9-10-11-12-22-29-54(62)59-44-30-32-49(52(58)40-44)51-42-56(64)67-53-41-45(31-33-50(51)53)66-43(2)57(65)61-37-35-60(36-38-61)55(63)34-39-68(46-23-16-13-17-24-46,47-25-18-14-19-26-47)48-27-20-15-21-28-48/h13-21,23-28,30-33,40-43H,3-12,22,29,34-39H2,1-2H3/p+1/t43-/m1/s1. The molecule has 5 aromatic carbocycles. The van der Waals surface area contributed by atoms with E-state index < -0.39 is 19.0 Å². The number of carbonyl (C=O) groups excluding carboxylic acids is 3. The first-order valence-electron chi connectivity index (χ1n) is 24.6. The maximum absolute atomic E-state index is 14.0. The first kappa shape index (κ1) is 50.1. The molecular formula is C57H66ClN3O6P+. The molecule has 0 unspecified atom stereocenters. The molecule has 0 radical (unpaired) electrons. The van der Waals surface area contributed by atoms with Gasteiger partial charge in [0.1, 0.15) is 34.5 Å². The summed E-state index contributed by atoms with van der Waals surface area (Å²) in [5, 5.41) is 7.71. The van der Waals surface area contributed by atoms with E-state index in [0.717, 1.165) is 19.3 Å². The van der Waals surface area contributed by atoms with E-state index >= 15 is 0 Å². The number of hydrogen-bond acceptors (Lipinski definition) is 6. The summed E-state index contributed by atoms with van der Waals surface area (Å²) in [7, 11) is -2.16. The van der Waals surface area contributed by atoms with Crippen LogP contribution in [0.2, 0.25) is 5.02 Å². The molecule has 6 aromatic rings. The summed E-state index contributed by atoms with van der Waals surface area (Å²) in [6.45, 7) is 5.61. The molecule has 1 aliphatic heterocycles. The first-order chi connectivity index (χ1) is 33.2. The molecule has 1 saturated heterocycles. The summed E-state index contributed by atoms with van der Waals surface area (Å²) in [6, 6.07) is 43.5.